The van der Waals surface area contributed by atoms with Crippen LogP contribution in [0.1, 0.15) is 32.9 Å². The SMILES string of the molecule is COc1ccnc(OCCCNC(=O)OC(C)(C)C)c1-c1cc(Nc2cnc(C(F)(F)F)cn2)n[nH]1. The fourth-order valence-corrected chi connectivity index (χ4v) is 2.88. The van der Waals surface area contributed by atoms with Crippen molar-refractivity contribution in [3.05, 3.63) is 36.4 Å². The molecule has 3 aromatic heterocycles. The van der Waals surface area contributed by atoms with Crippen LogP contribution in [0.5, 0.6) is 11.6 Å². The molecular formula is C22H26F3N7O4. The van der Waals surface area contributed by atoms with Crippen molar-refractivity contribution in [2.45, 2.75) is 39.0 Å². The topological polar surface area (TPSA) is 136 Å². The van der Waals surface area contributed by atoms with E-state index in [4.69, 9.17) is 14.2 Å². The number of aromatic amines is 1. The lowest BCUT2D eigenvalue weighted by atomic mass is 10.2. The average molecular weight is 509 g/mol. The van der Waals surface area contributed by atoms with Crippen LogP contribution >= 0.6 is 0 Å². The Hall–Kier alpha value is -4.10. The van der Waals surface area contributed by atoms with Gasteiger partial charge >= 0.3 is 12.3 Å². The van der Waals surface area contributed by atoms with Crippen LogP contribution in [0.25, 0.3) is 11.3 Å². The van der Waals surface area contributed by atoms with Gasteiger partial charge in [0, 0.05) is 18.8 Å². The lowest BCUT2D eigenvalue weighted by Crippen LogP contribution is -2.33. The van der Waals surface area contributed by atoms with Crippen LogP contribution in [0.2, 0.25) is 0 Å². The summed E-state index contributed by atoms with van der Waals surface area (Å²) < 4.78 is 54.5. The van der Waals surface area contributed by atoms with Crippen LogP contribution in [0.4, 0.5) is 29.6 Å². The lowest BCUT2D eigenvalue weighted by Gasteiger charge is -2.19. The normalized spacial score (nSPS) is 11.6. The second kappa shape index (κ2) is 11.1. The third-order valence-electron chi connectivity index (χ3n) is 4.37. The smallest absolute Gasteiger partial charge is 0.434 e. The first-order chi connectivity index (χ1) is 17.0. The van der Waals surface area contributed by atoms with Crippen molar-refractivity contribution in [3.63, 3.8) is 0 Å². The molecule has 36 heavy (non-hydrogen) atoms. The second-order valence-electron chi connectivity index (χ2n) is 8.40. The molecule has 3 N–H and O–H groups in total. The van der Waals surface area contributed by atoms with Gasteiger partial charge in [-0.2, -0.15) is 18.3 Å². The predicted molar refractivity (Wildman–Crippen MR) is 123 cm³/mol. The maximum absolute atomic E-state index is 12.7. The third kappa shape index (κ3) is 7.45. The number of alkyl halides is 3. The summed E-state index contributed by atoms with van der Waals surface area (Å²) in [6.45, 7) is 5.90. The Kier molecular flexibility index (Phi) is 8.17. The molecule has 0 fully saturated rings. The van der Waals surface area contributed by atoms with Gasteiger partial charge in [-0.3, -0.25) is 5.10 Å². The summed E-state index contributed by atoms with van der Waals surface area (Å²) in [5.74, 6) is 1.07. The predicted octanol–water partition coefficient (Wildman–Crippen LogP) is 4.33. The zero-order valence-electron chi connectivity index (χ0n) is 20.1. The number of methoxy groups -OCH3 is 1. The van der Waals surface area contributed by atoms with Crippen molar-refractivity contribution in [1.82, 2.24) is 30.5 Å². The molecule has 3 aromatic rings. The van der Waals surface area contributed by atoms with Crippen molar-refractivity contribution in [3.8, 4) is 22.9 Å². The van der Waals surface area contributed by atoms with E-state index in [2.05, 4.69) is 35.8 Å². The van der Waals surface area contributed by atoms with Crippen LogP contribution in [-0.2, 0) is 10.9 Å². The van der Waals surface area contributed by atoms with Gasteiger partial charge in [-0.25, -0.2) is 19.7 Å². The van der Waals surface area contributed by atoms with E-state index < -0.39 is 23.6 Å². The van der Waals surface area contributed by atoms with Crippen LogP contribution < -0.4 is 20.1 Å². The molecule has 0 aliphatic heterocycles. The van der Waals surface area contributed by atoms with Gasteiger partial charge in [0.1, 0.15) is 22.7 Å². The van der Waals surface area contributed by atoms with Crippen LogP contribution in [0, 0.1) is 0 Å². The van der Waals surface area contributed by atoms with E-state index in [1.54, 1.807) is 32.9 Å². The standard InChI is InChI=1S/C22H26F3N7O4/c1-21(2,3)36-20(33)27-7-5-9-35-19-18(14(34-4)6-8-26-19)13-10-16(32-31-13)30-17-12-28-15(11-29-17)22(23,24)25/h6,8,10-12H,5,7,9H2,1-4H3,(H,27,33)(H2,29,30,31,32). The van der Waals surface area contributed by atoms with E-state index in [0.717, 1.165) is 6.20 Å². The van der Waals surface area contributed by atoms with Crippen LogP contribution in [0.15, 0.2) is 30.7 Å². The number of carbonyl (C=O) groups excluding carboxylic acids is 1. The number of carbonyl (C=O) groups is 1. The Bertz CT molecular complexity index is 1160. The van der Waals surface area contributed by atoms with Gasteiger partial charge < -0.3 is 24.8 Å². The fraction of sp³-hybridized carbons (Fsp3) is 0.409. The van der Waals surface area contributed by atoms with Gasteiger partial charge in [-0.05, 0) is 33.3 Å². The maximum atomic E-state index is 12.7. The summed E-state index contributed by atoms with van der Waals surface area (Å²) in [4.78, 5) is 23.1. The molecule has 11 nitrogen and oxygen atoms in total. The Labute approximate surface area is 204 Å². The monoisotopic (exact) mass is 509 g/mol. The summed E-state index contributed by atoms with van der Waals surface area (Å²) in [5, 5.41) is 12.4. The summed E-state index contributed by atoms with van der Waals surface area (Å²) in [6.07, 6.45) is -1.50. The van der Waals surface area contributed by atoms with E-state index in [1.165, 1.54) is 13.3 Å². The lowest BCUT2D eigenvalue weighted by molar-refractivity contribution is -0.141. The molecule has 14 heteroatoms. The zero-order chi connectivity index (χ0) is 26.3. The zero-order valence-corrected chi connectivity index (χ0v) is 20.1. The number of amides is 1. The number of nitrogens with zero attached hydrogens (tertiary/aromatic N) is 4. The Balaban J connectivity index is 1.65. The quantitative estimate of drug-likeness (QED) is 0.360. The van der Waals surface area contributed by atoms with Crippen molar-refractivity contribution >= 4 is 17.7 Å². The highest BCUT2D eigenvalue weighted by Gasteiger charge is 2.32. The molecule has 0 radical (unpaired) electrons. The fourth-order valence-electron chi connectivity index (χ4n) is 2.88. The Morgan fingerprint density at radius 2 is 1.89 bits per heavy atom. The number of nitrogens with one attached hydrogen (secondary N) is 3. The number of anilines is 2. The highest BCUT2D eigenvalue weighted by Crippen LogP contribution is 2.37. The summed E-state index contributed by atoms with van der Waals surface area (Å²) in [6, 6.07) is 3.23. The number of alkyl carbamates (subject to hydrolysis) is 1. The number of pyridine rings is 1. The molecule has 194 valence electrons. The number of hydrogen-bond acceptors (Lipinski definition) is 9. The first-order valence-corrected chi connectivity index (χ1v) is 10.8. The van der Waals surface area contributed by atoms with E-state index in [-0.39, 0.29) is 24.1 Å². The van der Waals surface area contributed by atoms with Crippen molar-refractivity contribution in [2.75, 3.05) is 25.6 Å². The Morgan fingerprint density at radius 1 is 1.11 bits per heavy atom. The third-order valence-corrected chi connectivity index (χ3v) is 4.37. The molecule has 3 heterocycles. The molecule has 0 saturated carbocycles. The number of halogens is 3. The molecule has 0 aliphatic carbocycles. The van der Waals surface area contributed by atoms with Gasteiger partial charge in [0.05, 0.1) is 31.8 Å². The molecular weight excluding hydrogens is 483 g/mol. The molecule has 3 rings (SSSR count). The minimum Gasteiger partial charge on any atom is -0.496 e. The second-order valence-corrected chi connectivity index (χ2v) is 8.40. The van der Waals surface area contributed by atoms with Crippen molar-refractivity contribution in [1.29, 1.82) is 0 Å². The molecule has 0 aliphatic rings. The summed E-state index contributed by atoms with van der Waals surface area (Å²) in [5.41, 5.74) is -0.723. The number of hydrogen-bond donors (Lipinski definition) is 3. The minimum atomic E-state index is -4.58. The molecule has 1 amide bonds. The first kappa shape index (κ1) is 26.5. The average Bonchev–Trinajstić information content (AvgIpc) is 3.25. The van der Waals surface area contributed by atoms with Gasteiger partial charge in [-0.15, -0.1) is 0 Å². The number of H-pyrrole nitrogens is 1. The first-order valence-electron chi connectivity index (χ1n) is 10.8. The Morgan fingerprint density at radius 3 is 2.53 bits per heavy atom. The molecule has 0 unspecified atom stereocenters. The highest BCUT2D eigenvalue weighted by molar-refractivity contribution is 5.74. The van der Waals surface area contributed by atoms with Crippen LogP contribution in [-0.4, -0.2) is 57.1 Å². The number of rotatable bonds is 9. The maximum Gasteiger partial charge on any atom is 0.434 e. The molecule has 0 aromatic carbocycles. The van der Waals surface area contributed by atoms with E-state index in [1.807, 2.05) is 0 Å². The number of aromatic nitrogens is 5. The van der Waals surface area contributed by atoms with Crippen LogP contribution in [0.3, 0.4) is 0 Å². The van der Waals surface area contributed by atoms with E-state index in [9.17, 15) is 18.0 Å². The summed E-state index contributed by atoms with van der Waals surface area (Å²) in [7, 11) is 1.49. The molecule has 0 saturated heterocycles. The highest BCUT2D eigenvalue weighted by atomic mass is 19.4. The molecule has 0 spiro atoms. The van der Waals surface area contributed by atoms with Crippen molar-refractivity contribution in [2.24, 2.45) is 0 Å². The minimum absolute atomic E-state index is 0.0770. The summed E-state index contributed by atoms with van der Waals surface area (Å²) >= 11 is 0. The van der Waals surface area contributed by atoms with E-state index in [0.29, 0.717) is 36.2 Å². The van der Waals surface area contributed by atoms with Gasteiger partial charge in [0.15, 0.2) is 11.5 Å². The largest absolute Gasteiger partial charge is 0.496 e. The molecule has 0 bridgehead atoms. The van der Waals surface area contributed by atoms with E-state index >= 15 is 0 Å². The van der Waals surface area contributed by atoms with Gasteiger partial charge in [0.2, 0.25) is 5.88 Å². The number of ether oxygens (including phenoxy) is 3. The molecule has 0 atom stereocenters. The van der Waals surface area contributed by atoms with Gasteiger partial charge in [0.25, 0.3) is 0 Å². The van der Waals surface area contributed by atoms with Gasteiger partial charge in [-0.1, -0.05) is 0 Å². The van der Waals surface area contributed by atoms with Crippen molar-refractivity contribution < 1.29 is 32.2 Å².